The van der Waals surface area contributed by atoms with Gasteiger partial charge in [0, 0.05) is 75.4 Å². The van der Waals surface area contributed by atoms with Crippen LogP contribution in [0.25, 0.3) is 29.0 Å². The Labute approximate surface area is 377 Å². The van der Waals surface area contributed by atoms with E-state index in [1.807, 2.05) is 6.07 Å². The number of fused-ring (bicyclic) bond motifs is 3. The van der Waals surface area contributed by atoms with Crippen molar-refractivity contribution in [3.63, 3.8) is 0 Å². The van der Waals surface area contributed by atoms with E-state index in [0.29, 0.717) is 102 Å². The highest BCUT2D eigenvalue weighted by atomic mass is 19.2. The summed E-state index contributed by atoms with van der Waals surface area (Å²) < 4.78 is 54.7. The number of unbranched alkanes of at least 4 members (excludes halogenated alkanes) is 2. The number of halogens is 3. The van der Waals surface area contributed by atoms with Crippen LogP contribution in [0.1, 0.15) is 69.9 Å². The molecule has 3 aromatic heterocycles. The van der Waals surface area contributed by atoms with Gasteiger partial charge in [-0.15, -0.1) is 13.4 Å². The van der Waals surface area contributed by atoms with E-state index in [0.717, 1.165) is 21.1 Å². The summed E-state index contributed by atoms with van der Waals surface area (Å²) in [7, 11) is 0. The maximum atomic E-state index is 16.0. The average molecular weight is 895 g/mol. The molecular formula is C50H46F3N8O5+. The molecule has 3 N–H and O–H groups in total. The fraction of sp³-hybridized carbons (Fsp3) is 0.240. The lowest BCUT2D eigenvalue weighted by Gasteiger charge is -2.35. The van der Waals surface area contributed by atoms with Crippen molar-refractivity contribution in [1.82, 2.24) is 34.9 Å². The fourth-order valence-electron chi connectivity index (χ4n) is 8.53. The molecule has 1 saturated heterocycles. The van der Waals surface area contributed by atoms with E-state index >= 15 is 8.78 Å². The van der Waals surface area contributed by atoms with Crippen molar-refractivity contribution in [2.75, 3.05) is 39.3 Å². The zero-order chi connectivity index (χ0) is 45.8. The molecule has 0 radical (unpaired) electrons. The fourth-order valence-corrected chi connectivity index (χ4v) is 8.53. The zero-order valence-electron chi connectivity index (χ0n) is 35.8. The average Bonchev–Trinajstić information content (AvgIpc) is 4.12. The Bertz CT molecular complexity index is 3000. The van der Waals surface area contributed by atoms with Crippen molar-refractivity contribution in [3.8, 4) is 5.75 Å². The van der Waals surface area contributed by atoms with Gasteiger partial charge in [0.2, 0.25) is 17.3 Å². The number of aromatic nitrogens is 4. The Morgan fingerprint density at radius 3 is 2.44 bits per heavy atom. The van der Waals surface area contributed by atoms with Gasteiger partial charge in [-0.1, -0.05) is 48.9 Å². The number of aromatic amines is 2. The molecule has 1 atom stereocenters. The van der Waals surface area contributed by atoms with Crippen LogP contribution in [0.4, 0.5) is 13.2 Å². The Kier molecular flexibility index (Phi) is 12.4. The van der Waals surface area contributed by atoms with Crippen LogP contribution in [-0.4, -0.2) is 96.9 Å². The van der Waals surface area contributed by atoms with E-state index in [9.17, 15) is 23.6 Å². The second-order valence-electron chi connectivity index (χ2n) is 16.3. The highest BCUT2D eigenvalue weighted by Crippen LogP contribution is 2.39. The number of piperazine rings is 1. The Balaban J connectivity index is 0.670. The molecule has 13 nitrogen and oxygen atoms in total. The van der Waals surface area contributed by atoms with E-state index < -0.39 is 17.9 Å². The molecule has 1 unspecified atom stereocenters. The summed E-state index contributed by atoms with van der Waals surface area (Å²) in [4.78, 5) is 57.3. The highest BCUT2D eigenvalue weighted by molar-refractivity contribution is 6.06. The first-order chi connectivity index (χ1) is 32.0. The molecule has 0 spiro atoms. The van der Waals surface area contributed by atoms with Gasteiger partial charge in [0.15, 0.2) is 6.61 Å². The first-order valence-electron chi connectivity index (χ1n) is 21.8. The lowest BCUT2D eigenvalue weighted by Crippen LogP contribution is -2.50. The van der Waals surface area contributed by atoms with Crippen molar-refractivity contribution in [3.05, 3.63) is 171 Å². The molecule has 3 aromatic carbocycles. The standard InChI is InChI=1S/C50H45F3N8O5/c51-42-21-14-34(30-44-39-7-3-4-8-40(39)48(64)57-56-44)29-41(42)49(65)59-27-25-58(26-28-59)47(63)10-2-1-5-23-55-46(62)32-66-38-19-12-33(13-20-38)11-15-35-16-17-36-31-37-18-22-45(43-9-6-24-54-43)61(37)50(52,53)60(35)36/h3-4,6-9,11-22,24,29,31H,1-2,5,10,23,25-28,30,32H2,(H2,55,57,62,64)/p+1/b15-11+/i52-1,53+0. The minimum atomic E-state index is -3.35. The van der Waals surface area contributed by atoms with Gasteiger partial charge in [-0.3, -0.25) is 19.2 Å². The lowest BCUT2D eigenvalue weighted by molar-refractivity contribution is -0.673. The summed E-state index contributed by atoms with van der Waals surface area (Å²) in [6.07, 6.45) is 9.51. The number of rotatable bonds is 15. The van der Waals surface area contributed by atoms with Crippen LogP contribution in [0.15, 0.2) is 120 Å². The highest BCUT2D eigenvalue weighted by Gasteiger charge is 2.54. The molecule has 0 aliphatic carbocycles. The van der Waals surface area contributed by atoms with Gasteiger partial charge in [0.1, 0.15) is 17.3 Å². The van der Waals surface area contributed by atoms with Crippen molar-refractivity contribution in [2.45, 2.75) is 38.3 Å². The molecule has 16 heteroatoms. The molecule has 336 valence electrons. The summed E-state index contributed by atoms with van der Waals surface area (Å²) in [6, 6.07) is 25.3. The summed E-state index contributed by atoms with van der Waals surface area (Å²) in [5.41, 5.74) is 3.82. The second kappa shape index (κ2) is 18.8. The van der Waals surface area contributed by atoms with E-state index in [4.69, 9.17) is 4.74 Å². The summed E-state index contributed by atoms with van der Waals surface area (Å²) in [5, 5.41) is 10.7. The van der Waals surface area contributed by atoms with Crippen molar-refractivity contribution in [2.24, 2.45) is 0 Å². The molecule has 6 heterocycles. The summed E-state index contributed by atoms with van der Waals surface area (Å²) in [6.45, 7) is 1.49. The number of hydrogen-bond acceptors (Lipinski definition) is 6. The smallest absolute Gasteiger partial charge is 0.484 e. The van der Waals surface area contributed by atoms with Crippen LogP contribution >= 0.6 is 0 Å². The first-order valence-corrected chi connectivity index (χ1v) is 21.8. The Morgan fingerprint density at radius 2 is 1.65 bits per heavy atom. The van der Waals surface area contributed by atoms with Gasteiger partial charge < -0.3 is 24.8 Å². The van der Waals surface area contributed by atoms with Crippen LogP contribution in [-0.2, 0) is 22.2 Å². The predicted octanol–water partition coefficient (Wildman–Crippen LogP) is 6.93. The molecule has 3 aliphatic rings. The molecule has 3 amide bonds. The summed E-state index contributed by atoms with van der Waals surface area (Å²) >= 11 is 0. The molecular weight excluding hydrogens is 849 g/mol. The molecule has 6 aromatic rings. The number of ether oxygens (including phenoxy) is 1. The normalized spacial score (nSPS) is 16.7. The summed E-state index contributed by atoms with van der Waals surface area (Å²) in [5.74, 6) is -0.895. The number of hydrogen-bond donors (Lipinski definition) is 3. The van der Waals surface area contributed by atoms with Crippen LogP contribution in [0.3, 0.4) is 0 Å². The largest absolute Gasteiger partial charge is 0.566 e. The quantitative estimate of drug-likeness (QED) is 0.0579. The predicted molar refractivity (Wildman–Crippen MR) is 243 cm³/mol. The zero-order valence-corrected chi connectivity index (χ0v) is 35.8. The number of alkyl halides is 2. The van der Waals surface area contributed by atoms with E-state index in [-0.39, 0.29) is 42.6 Å². The maximum Gasteiger partial charge on any atom is 0.566 e. The molecule has 66 heavy (non-hydrogen) atoms. The van der Waals surface area contributed by atoms with Gasteiger partial charge in [-0.25, -0.2) is 14.1 Å². The number of nitrogens with one attached hydrogen (secondary N) is 3. The van der Waals surface area contributed by atoms with Gasteiger partial charge in [-0.2, -0.15) is 5.10 Å². The van der Waals surface area contributed by atoms with Gasteiger partial charge in [0.05, 0.1) is 28.0 Å². The number of carbonyl (C=O) groups is 3. The number of carbonyl (C=O) groups excluding carboxylic acids is 3. The third-order valence-corrected chi connectivity index (χ3v) is 12.0. The number of H-pyrrole nitrogens is 2. The van der Waals surface area contributed by atoms with Crippen molar-refractivity contribution >= 4 is 52.4 Å². The minimum absolute atomic E-state index is 0.0167. The van der Waals surface area contributed by atoms with Gasteiger partial charge >= 0.3 is 6.17 Å². The SMILES string of the molecule is O=C(COc1ccc(/C=C/c2ccc3n2C([18F])([19F])[N+]2=C(c4ccc[nH]4)C=CC2=C3)cc1)NCCCCCC(=O)N1CCN(C(=O)c2cc(Cc3n[nH]c(=O)c4ccccc34)ccc2F)CC1. The monoisotopic (exact) mass is 894 g/mol. The number of allylic oxidation sites excluding steroid dienone is 2. The number of benzene rings is 3. The lowest BCUT2D eigenvalue weighted by atomic mass is 10.0. The number of nitrogens with zero attached hydrogens (tertiary/aromatic N) is 5. The topological polar surface area (TPSA) is 148 Å². The second-order valence-corrected chi connectivity index (χ2v) is 16.3. The Morgan fingerprint density at radius 1 is 0.864 bits per heavy atom. The van der Waals surface area contributed by atoms with E-state index in [1.54, 1.807) is 119 Å². The third-order valence-electron chi connectivity index (χ3n) is 12.0. The van der Waals surface area contributed by atoms with E-state index in [1.165, 1.54) is 12.1 Å². The van der Waals surface area contributed by atoms with Crippen molar-refractivity contribution < 1.29 is 36.9 Å². The molecule has 0 bridgehead atoms. The molecule has 0 saturated carbocycles. The van der Waals surface area contributed by atoms with E-state index in [2.05, 4.69) is 20.5 Å². The van der Waals surface area contributed by atoms with Crippen LogP contribution in [0.5, 0.6) is 5.75 Å². The van der Waals surface area contributed by atoms with Crippen molar-refractivity contribution in [1.29, 1.82) is 0 Å². The van der Waals surface area contributed by atoms with Gasteiger partial charge in [-0.05, 0) is 84.6 Å². The van der Waals surface area contributed by atoms with Crippen LogP contribution in [0, 0.1) is 5.82 Å². The molecule has 3 aliphatic heterocycles. The van der Waals surface area contributed by atoms with Gasteiger partial charge in [0.25, 0.3) is 17.4 Å². The molecule has 1 fully saturated rings. The minimum Gasteiger partial charge on any atom is -0.484 e. The number of amides is 3. The molecule has 9 rings (SSSR count). The first kappa shape index (κ1) is 43.5. The Hall–Kier alpha value is -7.75. The van der Waals surface area contributed by atoms with Crippen LogP contribution < -0.4 is 15.6 Å². The van der Waals surface area contributed by atoms with Crippen LogP contribution in [0.2, 0.25) is 0 Å². The maximum absolute atomic E-state index is 16.0. The third kappa shape index (κ3) is 9.12.